The van der Waals surface area contributed by atoms with E-state index in [2.05, 4.69) is 15.2 Å². The molecular formula is C19H22ClN3O3S. The molecule has 2 heterocycles. The average Bonchev–Trinajstić information content (AvgIpc) is 2.96. The Morgan fingerprint density at radius 3 is 2.59 bits per heavy atom. The van der Waals surface area contributed by atoms with Crippen LogP contribution in [0.3, 0.4) is 0 Å². The molecule has 2 N–H and O–H groups in total. The van der Waals surface area contributed by atoms with Crippen LogP contribution in [0, 0.1) is 13.8 Å². The number of nitrogens with zero attached hydrogens (tertiary/aromatic N) is 1. The van der Waals surface area contributed by atoms with Crippen LogP contribution in [0.2, 0.25) is 5.02 Å². The molecule has 1 aromatic carbocycles. The van der Waals surface area contributed by atoms with Crippen molar-refractivity contribution >= 4 is 46.6 Å². The van der Waals surface area contributed by atoms with Gasteiger partial charge in [-0.2, -0.15) is 11.8 Å². The Morgan fingerprint density at radius 2 is 1.96 bits per heavy atom. The number of benzene rings is 1. The third-order valence-electron chi connectivity index (χ3n) is 4.61. The van der Waals surface area contributed by atoms with Gasteiger partial charge in [-0.05, 0) is 37.6 Å². The van der Waals surface area contributed by atoms with E-state index in [9.17, 15) is 9.59 Å². The summed E-state index contributed by atoms with van der Waals surface area (Å²) in [6.45, 7) is 5.38. The lowest BCUT2D eigenvalue weighted by Gasteiger charge is -2.29. The maximum absolute atomic E-state index is 12.7. The summed E-state index contributed by atoms with van der Waals surface area (Å²) >= 11 is 8.38. The number of methoxy groups -OCH3 is 1. The zero-order valence-electron chi connectivity index (χ0n) is 15.5. The monoisotopic (exact) mass is 407 g/mol. The van der Waals surface area contributed by atoms with Crippen molar-refractivity contribution in [3.8, 4) is 0 Å². The van der Waals surface area contributed by atoms with Crippen molar-refractivity contribution in [2.24, 2.45) is 0 Å². The van der Waals surface area contributed by atoms with Crippen LogP contribution < -0.4 is 10.2 Å². The van der Waals surface area contributed by atoms with Gasteiger partial charge in [0.2, 0.25) is 0 Å². The van der Waals surface area contributed by atoms with Crippen molar-refractivity contribution in [1.29, 1.82) is 0 Å². The molecule has 1 saturated heterocycles. The second-order valence-electron chi connectivity index (χ2n) is 6.34. The van der Waals surface area contributed by atoms with Gasteiger partial charge in [-0.1, -0.05) is 11.6 Å². The highest BCUT2D eigenvalue weighted by molar-refractivity contribution is 7.99. The van der Waals surface area contributed by atoms with Gasteiger partial charge in [0.25, 0.3) is 5.91 Å². The Morgan fingerprint density at radius 1 is 1.26 bits per heavy atom. The largest absolute Gasteiger partial charge is 0.465 e. The number of ether oxygens (including phenoxy) is 1. The Labute approximate surface area is 167 Å². The van der Waals surface area contributed by atoms with E-state index in [1.165, 1.54) is 7.11 Å². The number of hydrogen-bond acceptors (Lipinski definition) is 5. The lowest BCUT2D eigenvalue weighted by atomic mass is 10.1. The molecule has 0 radical (unpaired) electrons. The fourth-order valence-electron chi connectivity index (χ4n) is 3.22. The fourth-order valence-corrected chi connectivity index (χ4v) is 4.43. The van der Waals surface area contributed by atoms with Crippen LogP contribution in [-0.4, -0.2) is 48.6 Å². The summed E-state index contributed by atoms with van der Waals surface area (Å²) in [6.07, 6.45) is 0. The smallest absolute Gasteiger partial charge is 0.339 e. The normalized spacial score (nSPS) is 14.1. The van der Waals surface area contributed by atoms with Gasteiger partial charge in [0.15, 0.2) is 0 Å². The van der Waals surface area contributed by atoms with E-state index in [4.69, 9.17) is 16.3 Å². The lowest BCUT2D eigenvalue weighted by molar-refractivity contribution is 0.0599. The molecule has 3 rings (SSSR count). The number of carbonyl (C=O) groups excluding carboxylic acids is 2. The first-order valence-electron chi connectivity index (χ1n) is 8.63. The van der Waals surface area contributed by atoms with Gasteiger partial charge in [0, 0.05) is 36.0 Å². The van der Waals surface area contributed by atoms with E-state index in [0.717, 1.165) is 30.3 Å². The Bertz CT molecular complexity index is 875. The third-order valence-corrected chi connectivity index (χ3v) is 5.86. The summed E-state index contributed by atoms with van der Waals surface area (Å²) in [6, 6.07) is 5.52. The van der Waals surface area contributed by atoms with Gasteiger partial charge in [-0.25, -0.2) is 4.79 Å². The molecule has 1 aromatic heterocycles. The predicted molar refractivity (Wildman–Crippen MR) is 111 cm³/mol. The standard InChI is InChI=1S/C19H22ClN3O3S/c1-11-16(19(25)26-3)12(2)21-17(11)18(24)22-13-4-5-15(14(20)10-13)23-6-8-27-9-7-23/h4-5,10,21H,6-9H2,1-3H3,(H,22,24). The molecule has 0 aliphatic carbocycles. The number of carbonyl (C=O) groups is 2. The molecule has 27 heavy (non-hydrogen) atoms. The van der Waals surface area contributed by atoms with E-state index in [-0.39, 0.29) is 5.91 Å². The van der Waals surface area contributed by atoms with Crippen LogP contribution in [0.4, 0.5) is 11.4 Å². The number of thioether (sulfide) groups is 1. The molecule has 1 amide bonds. The highest BCUT2D eigenvalue weighted by atomic mass is 35.5. The first-order chi connectivity index (χ1) is 12.9. The number of nitrogens with one attached hydrogen (secondary N) is 2. The van der Waals surface area contributed by atoms with Crippen LogP contribution in [0.5, 0.6) is 0 Å². The molecule has 144 valence electrons. The zero-order valence-corrected chi connectivity index (χ0v) is 17.1. The molecule has 8 heteroatoms. The van der Waals surface area contributed by atoms with Crippen molar-refractivity contribution in [3.05, 3.63) is 45.7 Å². The van der Waals surface area contributed by atoms with Gasteiger partial charge in [0.05, 0.1) is 23.4 Å². The molecule has 1 fully saturated rings. The SMILES string of the molecule is COC(=O)c1c(C)[nH]c(C(=O)Nc2ccc(N3CCSCC3)c(Cl)c2)c1C. The number of H-pyrrole nitrogens is 1. The zero-order chi connectivity index (χ0) is 19.6. The maximum atomic E-state index is 12.7. The molecule has 6 nitrogen and oxygen atoms in total. The van der Waals surface area contributed by atoms with Gasteiger partial charge < -0.3 is 19.9 Å². The van der Waals surface area contributed by atoms with E-state index in [0.29, 0.717) is 33.2 Å². The van der Waals surface area contributed by atoms with Crippen molar-refractivity contribution in [2.75, 3.05) is 41.9 Å². The number of rotatable bonds is 4. The number of hydrogen-bond donors (Lipinski definition) is 2. The molecule has 0 bridgehead atoms. The van der Waals surface area contributed by atoms with Crippen molar-refractivity contribution < 1.29 is 14.3 Å². The summed E-state index contributed by atoms with van der Waals surface area (Å²) in [4.78, 5) is 29.8. The van der Waals surface area contributed by atoms with E-state index >= 15 is 0 Å². The van der Waals surface area contributed by atoms with Crippen LogP contribution >= 0.6 is 23.4 Å². The third kappa shape index (κ3) is 4.09. The molecule has 2 aromatic rings. The van der Waals surface area contributed by atoms with Gasteiger partial charge in [-0.3, -0.25) is 4.79 Å². The second kappa shape index (κ2) is 8.27. The first-order valence-corrected chi connectivity index (χ1v) is 10.2. The fraction of sp³-hybridized carbons (Fsp3) is 0.368. The quantitative estimate of drug-likeness (QED) is 0.752. The van der Waals surface area contributed by atoms with Crippen molar-refractivity contribution in [1.82, 2.24) is 4.98 Å². The summed E-state index contributed by atoms with van der Waals surface area (Å²) in [5.74, 6) is 1.38. The number of aromatic nitrogens is 1. The summed E-state index contributed by atoms with van der Waals surface area (Å²) in [5, 5.41) is 3.44. The minimum atomic E-state index is -0.465. The number of halogens is 1. The number of anilines is 2. The Hall–Kier alpha value is -2.12. The van der Waals surface area contributed by atoms with Crippen LogP contribution in [0.15, 0.2) is 18.2 Å². The summed E-state index contributed by atoms with van der Waals surface area (Å²) < 4.78 is 4.78. The summed E-state index contributed by atoms with van der Waals surface area (Å²) in [5.41, 5.74) is 3.47. The Balaban J connectivity index is 1.78. The highest BCUT2D eigenvalue weighted by Gasteiger charge is 2.23. The molecule has 1 aliphatic heterocycles. The number of esters is 1. The van der Waals surface area contributed by atoms with Gasteiger partial charge in [0.1, 0.15) is 5.69 Å². The predicted octanol–water partition coefficient (Wildman–Crippen LogP) is 3.88. The number of aromatic amines is 1. The highest BCUT2D eigenvalue weighted by Crippen LogP contribution is 2.31. The average molecular weight is 408 g/mol. The molecule has 0 spiro atoms. The Kier molecular flexibility index (Phi) is 6.01. The van der Waals surface area contributed by atoms with E-state index < -0.39 is 5.97 Å². The lowest BCUT2D eigenvalue weighted by Crippen LogP contribution is -2.32. The topological polar surface area (TPSA) is 74.4 Å². The van der Waals surface area contributed by atoms with E-state index in [1.807, 2.05) is 23.9 Å². The molecule has 1 aliphatic rings. The molecule has 0 unspecified atom stereocenters. The summed E-state index contributed by atoms with van der Waals surface area (Å²) in [7, 11) is 1.32. The van der Waals surface area contributed by atoms with Gasteiger partial charge >= 0.3 is 5.97 Å². The van der Waals surface area contributed by atoms with Crippen LogP contribution in [-0.2, 0) is 4.74 Å². The van der Waals surface area contributed by atoms with Crippen molar-refractivity contribution in [3.63, 3.8) is 0 Å². The maximum Gasteiger partial charge on any atom is 0.339 e. The molecular weight excluding hydrogens is 386 g/mol. The van der Waals surface area contributed by atoms with Gasteiger partial charge in [-0.15, -0.1) is 0 Å². The van der Waals surface area contributed by atoms with Crippen LogP contribution in [0.1, 0.15) is 32.1 Å². The van der Waals surface area contributed by atoms with Crippen molar-refractivity contribution in [2.45, 2.75) is 13.8 Å². The van der Waals surface area contributed by atoms with Crippen LogP contribution in [0.25, 0.3) is 0 Å². The number of aryl methyl sites for hydroxylation is 1. The molecule has 0 saturated carbocycles. The minimum absolute atomic E-state index is 0.330. The first kappa shape index (κ1) is 19.6. The second-order valence-corrected chi connectivity index (χ2v) is 7.97. The van der Waals surface area contributed by atoms with E-state index in [1.54, 1.807) is 19.9 Å². The number of amides is 1. The molecule has 0 atom stereocenters. The minimum Gasteiger partial charge on any atom is -0.465 e.